The molecule has 5 heteroatoms. The Labute approximate surface area is 197 Å². The molecule has 0 aliphatic rings. The van der Waals surface area contributed by atoms with Crippen molar-refractivity contribution in [1.82, 2.24) is 5.06 Å². The summed E-state index contributed by atoms with van der Waals surface area (Å²) in [5.74, 6) is -0.302. The maximum Gasteiger partial charge on any atom is 0.325 e. The topological polar surface area (TPSA) is 64.8 Å². The molecule has 0 aliphatic heterocycles. The molecule has 0 spiro atoms. The Morgan fingerprint density at radius 2 is 1.30 bits per heavy atom. The lowest BCUT2D eigenvalue weighted by molar-refractivity contribution is -0.221. The fourth-order valence-corrected chi connectivity index (χ4v) is 4.47. The second-order valence-corrected chi connectivity index (χ2v) is 7.87. The number of hydrogen-bond donors (Lipinski definition) is 1. The number of benzene rings is 3. The number of nitrogens with zero attached hydrogens (tertiary/aromatic N) is 1. The fourth-order valence-electron chi connectivity index (χ4n) is 4.47. The van der Waals surface area contributed by atoms with Crippen molar-refractivity contribution < 1.29 is 14.4 Å². The van der Waals surface area contributed by atoms with E-state index in [2.05, 4.69) is 36.4 Å². The molecule has 0 aliphatic carbocycles. The second kappa shape index (κ2) is 12.3. The van der Waals surface area contributed by atoms with Gasteiger partial charge >= 0.3 is 5.97 Å². The van der Waals surface area contributed by atoms with E-state index in [4.69, 9.17) is 15.3 Å². The monoisotopic (exact) mass is 446 g/mol. The maximum absolute atomic E-state index is 13.3. The number of unbranched alkanes of at least 4 members (excludes halogenated alkanes) is 1. The van der Waals surface area contributed by atoms with Crippen LogP contribution in [-0.2, 0) is 19.9 Å². The third kappa shape index (κ3) is 5.33. The van der Waals surface area contributed by atoms with Crippen LogP contribution in [-0.4, -0.2) is 37.3 Å². The van der Waals surface area contributed by atoms with Crippen LogP contribution >= 0.6 is 0 Å². The van der Waals surface area contributed by atoms with Gasteiger partial charge in [-0.05, 0) is 49.4 Å². The summed E-state index contributed by atoms with van der Waals surface area (Å²) in [5, 5.41) is 1.82. The van der Waals surface area contributed by atoms with Gasteiger partial charge in [0.25, 0.3) is 0 Å². The standard InChI is InChI=1S/C28H34N2O3/c1-3-33-27(31)26(21-13-14-22-29)30(32-2)28(23-15-7-4-8-16-23,24-17-9-5-10-18-24)25-19-11-6-12-20-25/h4-12,15-20,26H,3,13-14,21-22,29H2,1-2H3/t26-/m0/s1. The molecule has 3 rings (SSSR count). The first kappa shape index (κ1) is 24.6. The van der Waals surface area contributed by atoms with Crippen LogP contribution in [0.25, 0.3) is 0 Å². The lowest BCUT2D eigenvalue weighted by Gasteiger charge is -2.46. The average Bonchev–Trinajstić information content (AvgIpc) is 2.87. The normalized spacial score (nSPS) is 12.5. The van der Waals surface area contributed by atoms with E-state index in [0.29, 0.717) is 19.6 Å². The number of rotatable bonds is 12. The van der Waals surface area contributed by atoms with Crippen molar-refractivity contribution in [2.24, 2.45) is 5.73 Å². The number of esters is 1. The van der Waals surface area contributed by atoms with Crippen molar-refractivity contribution in [3.05, 3.63) is 108 Å². The van der Waals surface area contributed by atoms with E-state index in [1.165, 1.54) is 0 Å². The number of nitrogens with two attached hydrogens (primary N) is 1. The van der Waals surface area contributed by atoms with Crippen molar-refractivity contribution in [2.45, 2.75) is 37.8 Å². The van der Waals surface area contributed by atoms with Gasteiger partial charge in [-0.15, -0.1) is 0 Å². The van der Waals surface area contributed by atoms with Crippen LogP contribution < -0.4 is 5.73 Å². The molecular formula is C28H34N2O3. The molecule has 0 amide bonds. The summed E-state index contributed by atoms with van der Waals surface area (Å²) in [7, 11) is 1.62. The van der Waals surface area contributed by atoms with Gasteiger partial charge in [-0.2, -0.15) is 5.06 Å². The quantitative estimate of drug-likeness (QED) is 0.185. The molecule has 5 nitrogen and oxygen atoms in total. The molecule has 2 N–H and O–H groups in total. The maximum atomic E-state index is 13.3. The van der Waals surface area contributed by atoms with E-state index in [9.17, 15) is 4.79 Å². The highest BCUT2D eigenvalue weighted by Crippen LogP contribution is 2.44. The van der Waals surface area contributed by atoms with Crippen LogP contribution in [0.3, 0.4) is 0 Å². The predicted octanol–water partition coefficient (Wildman–Crippen LogP) is 4.90. The lowest BCUT2D eigenvalue weighted by Crippen LogP contribution is -2.55. The number of hydroxylamine groups is 2. The van der Waals surface area contributed by atoms with Crippen molar-refractivity contribution in [3.8, 4) is 0 Å². The number of carbonyl (C=O) groups is 1. The Bertz CT molecular complexity index is 868. The second-order valence-electron chi connectivity index (χ2n) is 7.87. The third-order valence-electron chi connectivity index (χ3n) is 5.88. The zero-order valence-corrected chi connectivity index (χ0v) is 19.5. The van der Waals surface area contributed by atoms with E-state index in [1.54, 1.807) is 7.11 Å². The Morgan fingerprint density at radius 3 is 1.67 bits per heavy atom. The van der Waals surface area contributed by atoms with Gasteiger partial charge in [-0.3, -0.25) is 9.63 Å². The summed E-state index contributed by atoms with van der Waals surface area (Å²) in [6.07, 6.45) is 2.18. The minimum absolute atomic E-state index is 0.302. The Morgan fingerprint density at radius 1 is 0.848 bits per heavy atom. The van der Waals surface area contributed by atoms with Crippen LogP contribution in [0.15, 0.2) is 91.0 Å². The number of carbonyl (C=O) groups excluding carboxylic acids is 1. The van der Waals surface area contributed by atoms with Gasteiger partial charge in [0.1, 0.15) is 11.6 Å². The van der Waals surface area contributed by atoms with Gasteiger partial charge in [0.2, 0.25) is 0 Å². The van der Waals surface area contributed by atoms with E-state index < -0.39 is 11.6 Å². The van der Waals surface area contributed by atoms with Gasteiger partial charge in [0.05, 0.1) is 13.7 Å². The van der Waals surface area contributed by atoms with Crippen LogP contribution in [0, 0.1) is 0 Å². The molecule has 33 heavy (non-hydrogen) atoms. The summed E-state index contributed by atoms with van der Waals surface area (Å²) in [6.45, 7) is 2.70. The van der Waals surface area contributed by atoms with Crippen molar-refractivity contribution in [2.75, 3.05) is 20.3 Å². The number of hydrogen-bond acceptors (Lipinski definition) is 5. The van der Waals surface area contributed by atoms with Crippen molar-refractivity contribution >= 4 is 5.97 Å². The van der Waals surface area contributed by atoms with Gasteiger partial charge in [0, 0.05) is 0 Å². The van der Waals surface area contributed by atoms with Gasteiger partial charge < -0.3 is 10.5 Å². The highest BCUT2D eigenvalue weighted by Gasteiger charge is 2.48. The zero-order chi connectivity index (χ0) is 23.5. The first-order valence-electron chi connectivity index (χ1n) is 11.6. The van der Waals surface area contributed by atoms with Crippen LogP contribution in [0.1, 0.15) is 42.9 Å². The minimum Gasteiger partial charge on any atom is -0.465 e. The van der Waals surface area contributed by atoms with Gasteiger partial charge in [-0.25, -0.2) is 0 Å². The molecule has 0 unspecified atom stereocenters. The molecule has 0 heterocycles. The Kier molecular flexibility index (Phi) is 9.19. The van der Waals surface area contributed by atoms with E-state index in [-0.39, 0.29) is 5.97 Å². The third-order valence-corrected chi connectivity index (χ3v) is 5.88. The molecule has 1 atom stereocenters. The minimum atomic E-state index is -0.876. The summed E-state index contributed by atoms with van der Waals surface area (Å²) >= 11 is 0. The van der Waals surface area contributed by atoms with Gasteiger partial charge in [-0.1, -0.05) is 91.0 Å². The lowest BCUT2D eigenvalue weighted by atomic mass is 9.75. The van der Waals surface area contributed by atoms with Crippen LogP contribution in [0.4, 0.5) is 0 Å². The molecule has 174 valence electrons. The van der Waals surface area contributed by atoms with E-state index in [0.717, 1.165) is 29.5 Å². The van der Waals surface area contributed by atoms with Crippen molar-refractivity contribution in [1.29, 1.82) is 0 Å². The van der Waals surface area contributed by atoms with Gasteiger partial charge in [0.15, 0.2) is 0 Å². The molecule has 0 aromatic heterocycles. The molecule has 0 bridgehead atoms. The van der Waals surface area contributed by atoms with E-state index >= 15 is 0 Å². The SMILES string of the molecule is CCOC(=O)[C@H](CCCCN)N(OC)C(c1ccccc1)(c1ccccc1)c1ccccc1. The number of ether oxygens (including phenoxy) is 1. The Hall–Kier alpha value is -2.99. The molecule has 3 aromatic rings. The molecule has 0 fully saturated rings. The average molecular weight is 447 g/mol. The molecular weight excluding hydrogens is 412 g/mol. The smallest absolute Gasteiger partial charge is 0.325 e. The summed E-state index contributed by atoms with van der Waals surface area (Å²) in [4.78, 5) is 19.4. The van der Waals surface area contributed by atoms with Crippen LogP contribution in [0.2, 0.25) is 0 Å². The first-order chi connectivity index (χ1) is 16.2. The molecule has 0 saturated carbocycles. The predicted molar refractivity (Wildman–Crippen MR) is 131 cm³/mol. The fraction of sp³-hybridized carbons (Fsp3) is 0.321. The largest absolute Gasteiger partial charge is 0.465 e. The molecule has 3 aromatic carbocycles. The first-order valence-corrected chi connectivity index (χ1v) is 11.6. The summed E-state index contributed by atoms with van der Waals surface area (Å²) in [5.41, 5.74) is 7.87. The highest BCUT2D eigenvalue weighted by atomic mass is 16.7. The Balaban J connectivity index is 2.31. The molecule has 0 saturated heterocycles. The summed E-state index contributed by atoms with van der Waals surface area (Å²) < 4.78 is 5.53. The van der Waals surface area contributed by atoms with Crippen molar-refractivity contribution in [3.63, 3.8) is 0 Å². The molecule has 0 radical (unpaired) electrons. The van der Waals surface area contributed by atoms with E-state index in [1.807, 2.05) is 66.6 Å². The van der Waals surface area contributed by atoms with Crippen LogP contribution in [0.5, 0.6) is 0 Å². The highest BCUT2D eigenvalue weighted by molar-refractivity contribution is 5.76. The zero-order valence-electron chi connectivity index (χ0n) is 19.5. The summed E-state index contributed by atoms with van der Waals surface area (Å²) in [6, 6.07) is 29.9.